The zero-order valence-corrected chi connectivity index (χ0v) is 21.3. The van der Waals surface area contributed by atoms with Crippen LogP contribution < -0.4 is 0 Å². The van der Waals surface area contributed by atoms with Crippen molar-refractivity contribution in [2.45, 2.75) is 0 Å². The van der Waals surface area contributed by atoms with Gasteiger partial charge in [0.25, 0.3) is 0 Å². The summed E-state index contributed by atoms with van der Waals surface area (Å²) < 4.78 is 8.46. The first kappa shape index (κ1) is 22.0. The van der Waals surface area contributed by atoms with Gasteiger partial charge in [-0.05, 0) is 36.4 Å². The summed E-state index contributed by atoms with van der Waals surface area (Å²) in [6.45, 7) is 0. The summed E-state index contributed by atoms with van der Waals surface area (Å²) in [6.07, 6.45) is 0. The molecule has 0 bridgehead atoms. The molecule has 0 atom stereocenters. The summed E-state index contributed by atoms with van der Waals surface area (Å²) in [4.78, 5) is 15.0. The van der Waals surface area contributed by atoms with Gasteiger partial charge in [0.1, 0.15) is 11.2 Å². The van der Waals surface area contributed by atoms with E-state index in [1.165, 1.54) is 0 Å². The summed E-state index contributed by atoms with van der Waals surface area (Å²) in [7, 11) is 0. The first-order valence-corrected chi connectivity index (χ1v) is 13.0. The van der Waals surface area contributed by atoms with E-state index < -0.39 is 0 Å². The Morgan fingerprint density at radius 2 is 1.23 bits per heavy atom. The number of para-hydroxylation sites is 3. The number of nitrogens with zero attached hydrogens (tertiary/aromatic N) is 4. The van der Waals surface area contributed by atoms with Crippen LogP contribution in [0.25, 0.3) is 72.5 Å². The molecule has 0 aliphatic carbocycles. The molecule has 3 heterocycles. The number of hydrogen-bond acceptors (Lipinski definition) is 4. The fourth-order valence-electron chi connectivity index (χ4n) is 5.39. The van der Waals surface area contributed by atoms with Crippen LogP contribution in [0, 0.1) is 0 Å². The van der Waals surface area contributed by atoms with Crippen molar-refractivity contribution in [2.24, 2.45) is 0 Å². The average Bonchev–Trinajstić information content (AvgIpc) is 3.53. The van der Waals surface area contributed by atoms with Crippen LogP contribution in [0.5, 0.6) is 0 Å². The molecule has 5 aromatic carbocycles. The van der Waals surface area contributed by atoms with E-state index in [0.29, 0.717) is 28.2 Å². The smallest absolute Gasteiger partial charge is 0.238 e. The van der Waals surface area contributed by atoms with Crippen molar-refractivity contribution < 1.29 is 4.42 Å². The molecule has 6 heteroatoms. The molecule has 8 aromatic rings. The molecular formula is C33H19ClN4O. The van der Waals surface area contributed by atoms with Gasteiger partial charge in [-0.1, -0.05) is 90.5 Å². The van der Waals surface area contributed by atoms with E-state index in [1.807, 2.05) is 78.9 Å². The predicted molar refractivity (Wildman–Crippen MR) is 157 cm³/mol. The molecule has 0 saturated carbocycles. The SMILES string of the molecule is Clc1ccc2oc3c(-c4nc(-c5ccccc5)nc(-n5c6ccccc6c6ccccc65)n4)cccc3c2c1. The number of halogens is 1. The fourth-order valence-corrected chi connectivity index (χ4v) is 5.56. The van der Waals surface area contributed by atoms with Crippen LogP contribution in [0.4, 0.5) is 0 Å². The molecular weight excluding hydrogens is 504 g/mol. The zero-order chi connectivity index (χ0) is 25.9. The lowest BCUT2D eigenvalue weighted by Gasteiger charge is -2.11. The van der Waals surface area contributed by atoms with Gasteiger partial charge in [-0.25, -0.2) is 4.98 Å². The van der Waals surface area contributed by atoms with Gasteiger partial charge >= 0.3 is 0 Å². The van der Waals surface area contributed by atoms with Crippen LogP contribution in [0.1, 0.15) is 0 Å². The van der Waals surface area contributed by atoms with Crippen molar-refractivity contribution in [1.82, 2.24) is 19.5 Å². The molecule has 0 radical (unpaired) electrons. The topological polar surface area (TPSA) is 56.7 Å². The van der Waals surface area contributed by atoms with Gasteiger partial charge < -0.3 is 4.42 Å². The van der Waals surface area contributed by atoms with Gasteiger partial charge in [0.15, 0.2) is 11.6 Å². The number of furan rings is 1. The van der Waals surface area contributed by atoms with Crippen molar-refractivity contribution in [1.29, 1.82) is 0 Å². The molecule has 0 aliphatic heterocycles. The lowest BCUT2D eigenvalue weighted by atomic mass is 10.1. The van der Waals surface area contributed by atoms with E-state index >= 15 is 0 Å². The molecule has 8 rings (SSSR count). The summed E-state index contributed by atoms with van der Waals surface area (Å²) >= 11 is 6.32. The third-order valence-corrected chi connectivity index (χ3v) is 7.37. The molecule has 0 N–H and O–H groups in total. The summed E-state index contributed by atoms with van der Waals surface area (Å²) in [5, 5.41) is 4.88. The minimum atomic E-state index is 0.538. The second-order valence-corrected chi connectivity index (χ2v) is 9.88. The highest BCUT2D eigenvalue weighted by Crippen LogP contribution is 2.37. The second-order valence-electron chi connectivity index (χ2n) is 9.44. The second kappa shape index (κ2) is 8.51. The van der Waals surface area contributed by atoms with Gasteiger partial charge in [-0.3, -0.25) is 4.57 Å². The summed E-state index contributed by atoms with van der Waals surface area (Å²) in [6, 6.07) is 38.3. The van der Waals surface area contributed by atoms with Gasteiger partial charge in [0, 0.05) is 32.1 Å². The average molecular weight is 523 g/mol. The maximum absolute atomic E-state index is 6.34. The van der Waals surface area contributed by atoms with Crippen molar-refractivity contribution >= 4 is 55.3 Å². The maximum atomic E-state index is 6.34. The minimum absolute atomic E-state index is 0.538. The highest BCUT2D eigenvalue weighted by molar-refractivity contribution is 6.31. The Morgan fingerprint density at radius 3 is 2.00 bits per heavy atom. The summed E-state index contributed by atoms with van der Waals surface area (Å²) in [5.41, 5.74) is 5.25. The molecule has 0 aliphatic rings. The third kappa shape index (κ3) is 3.44. The van der Waals surface area contributed by atoms with E-state index in [9.17, 15) is 0 Å². The number of hydrogen-bond donors (Lipinski definition) is 0. The van der Waals surface area contributed by atoms with E-state index in [4.69, 9.17) is 31.0 Å². The van der Waals surface area contributed by atoms with Crippen LogP contribution in [0.2, 0.25) is 5.02 Å². The first-order valence-electron chi connectivity index (χ1n) is 12.7. The largest absolute Gasteiger partial charge is 0.455 e. The Kier molecular flexibility index (Phi) is 4.81. The van der Waals surface area contributed by atoms with Gasteiger partial charge in [0.2, 0.25) is 5.95 Å². The van der Waals surface area contributed by atoms with Crippen LogP contribution in [-0.4, -0.2) is 19.5 Å². The third-order valence-electron chi connectivity index (χ3n) is 7.14. The lowest BCUT2D eigenvalue weighted by molar-refractivity contribution is 0.669. The van der Waals surface area contributed by atoms with Gasteiger partial charge in [-0.2, -0.15) is 9.97 Å². The number of rotatable bonds is 3. The highest BCUT2D eigenvalue weighted by atomic mass is 35.5. The lowest BCUT2D eigenvalue weighted by Crippen LogP contribution is -2.06. The molecule has 0 saturated heterocycles. The molecule has 39 heavy (non-hydrogen) atoms. The molecule has 5 nitrogen and oxygen atoms in total. The Hall–Kier alpha value is -5.00. The van der Waals surface area contributed by atoms with Crippen LogP contribution in [0.3, 0.4) is 0 Å². The van der Waals surface area contributed by atoms with Crippen molar-refractivity contribution in [3.63, 3.8) is 0 Å². The van der Waals surface area contributed by atoms with E-state index in [-0.39, 0.29) is 0 Å². The van der Waals surface area contributed by atoms with Crippen LogP contribution >= 0.6 is 11.6 Å². The number of aromatic nitrogens is 4. The molecule has 0 unspecified atom stereocenters. The Bertz CT molecular complexity index is 2140. The van der Waals surface area contributed by atoms with E-state index in [0.717, 1.165) is 49.3 Å². The van der Waals surface area contributed by atoms with Crippen molar-refractivity contribution in [2.75, 3.05) is 0 Å². The molecule has 184 valence electrons. The van der Waals surface area contributed by atoms with Gasteiger partial charge in [0.05, 0.1) is 16.6 Å². The predicted octanol–water partition coefficient (Wildman–Crippen LogP) is 8.86. The minimum Gasteiger partial charge on any atom is -0.455 e. The fraction of sp³-hybridized carbons (Fsp3) is 0. The van der Waals surface area contributed by atoms with E-state index in [1.54, 1.807) is 0 Å². The van der Waals surface area contributed by atoms with Crippen LogP contribution in [-0.2, 0) is 0 Å². The normalized spacial score (nSPS) is 11.7. The molecule has 0 amide bonds. The number of benzene rings is 5. The molecule has 0 spiro atoms. The Labute approximate surface area is 228 Å². The van der Waals surface area contributed by atoms with E-state index in [2.05, 4.69) is 41.0 Å². The van der Waals surface area contributed by atoms with Crippen LogP contribution in [0.15, 0.2) is 120 Å². The number of fused-ring (bicyclic) bond motifs is 6. The standard InChI is InChI=1S/C33H19ClN4O/c34-21-17-18-29-26(19-21)24-13-8-14-25(30(24)39-29)32-35-31(20-9-2-1-3-10-20)36-33(37-32)38-27-15-6-4-11-22(27)23-12-5-7-16-28(23)38/h1-19H. The zero-order valence-electron chi connectivity index (χ0n) is 20.5. The first-order chi connectivity index (χ1) is 19.2. The van der Waals surface area contributed by atoms with Gasteiger partial charge in [-0.15, -0.1) is 0 Å². The quantitative estimate of drug-likeness (QED) is 0.232. The summed E-state index contributed by atoms with van der Waals surface area (Å²) in [5.74, 6) is 1.68. The highest BCUT2D eigenvalue weighted by Gasteiger charge is 2.20. The van der Waals surface area contributed by atoms with Crippen molar-refractivity contribution in [3.05, 3.63) is 120 Å². The van der Waals surface area contributed by atoms with Crippen molar-refractivity contribution in [3.8, 4) is 28.7 Å². The Balaban J connectivity index is 1.46. The molecule has 0 fully saturated rings. The monoisotopic (exact) mass is 522 g/mol. The Morgan fingerprint density at radius 1 is 0.564 bits per heavy atom. The maximum Gasteiger partial charge on any atom is 0.238 e. The molecule has 3 aromatic heterocycles.